The Bertz CT molecular complexity index is 362. The van der Waals surface area contributed by atoms with Gasteiger partial charge in [-0.05, 0) is 61.2 Å². The zero-order chi connectivity index (χ0) is 15.0. The van der Waals surface area contributed by atoms with Crippen LogP contribution in [0.15, 0.2) is 24.3 Å². The maximum absolute atomic E-state index is 3.51. The molecule has 0 radical (unpaired) electrons. The SMILES string of the molecule is CCCNCCC(C)(C)CCc1ccc(C(C)C)cc1. The number of hydrogen-bond acceptors (Lipinski definition) is 1. The van der Waals surface area contributed by atoms with E-state index in [1.807, 2.05) is 0 Å². The van der Waals surface area contributed by atoms with Crippen LogP contribution in [0, 0.1) is 5.41 Å². The van der Waals surface area contributed by atoms with Crippen molar-refractivity contribution in [1.29, 1.82) is 0 Å². The molecule has 1 nitrogen and oxygen atoms in total. The molecule has 0 aliphatic heterocycles. The fraction of sp³-hybridized carbons (Fsp3) is 0.684. The van der Waals surface area contributed by atoms with Crippen LogP contribution in [0.2, 0.25) is 0 Å². The van der Waals surface area contributed by atoms with Gasteiger partial charge in [-0.1, -0.05) is 58.9 Å². The first-order valence-corrected chi connectivity index (χ1v) is 8.24. The lowest BCUT2D eigenvalue weighted by molar-refractivity contribution is 0.302. The molecule has 0 spiro atoms. The molecule has 0 atom stereocenters. The summed E-state index contributed by atoms with van der Waals surface area (Å²) in [5, 5.41) is 3.51. The van der Waals surface area contributed by atoms with Crippen molar-refractivity contribution < 1.29 is 0 Å². The van der Waals surface area contributed by atoms with Crippen LogP contribution < -0.4 is 5.32 Å². The molecular weight excluding hydrogens is 242 g/mol. The second-order valence-electron chi connectivity index (χ2n) is 7.06. The van der Waals surface area contributed by atoms with Gasteiger partial charge in [-0.15, -0.1) is 0 Å². The van der Waals surface area contributed by atoms with E-state index in [0.717, 1.165) is 13.1 Å². The molecule has 0 aliphatic carbocycles. The van der Waals surface area contributed by atoms with E-state index in [0.29, 0.717) is 11.3 Å². The van der Waals surface area contributed by atoms with Crippen molar-refractivity contribution in [3.8, 4) is 0 Å². The minimum Gasteiger partial charge on any atom is -0.317 e. The van der Waals surface area contributed by atoms with Gasteiger partial charge in [-0.25, -0.2) is 0 Å². The third kappa shape index (κ3) is 6.56. The molecule has 0 heterocycles. The average molecular weight is 275 g/mol. The van der Waals surface area contributed by atoms with Crippen LogP contribution in [0.1, 0.15) is 70.9 Å². The van der Waals surface area contributed by atoms with Crippen molar-refractivity contribution in [3.05, 3.63) is 35.4 Å². The Kier molecular flexibility index (Phi) is 7.29. The summed E-state index contributed by atoms with van der Waals surface area (Å²) in [6.07, 6.45) is 4.95. The topological polar surface area (TPSA) is 12.0 Å². The molecule has 114 valence electrons. The van der Waals surface area contributed by atoms with Crippen LogP contribution in [-0.2, 0) is 6.42 Å². The third-order valence-corrected chi connectivity index (χ3v) is 4.14. The van der Waals surface area contributed by atoms with E-state index in [1.54, 1.807) is 0 Å². The highest BCUT2D eigenvalue weighted by Crippen LogP contribution is 2.27. The molecule has 1 heteroatoms. The van der Waals surface area contributed by atoms with Gasteiger partial charge in [0.25, 0.3) is 0 Å². The summed E-state index contributed by atoms with van der Waals surface area (Å²) in [4.78, 5) is 0. The molecule has 0 aromatic heterocycles. The average Bonchev–Trinajstić information content (AvgIpc) is 2.42. The fourth-order valence-corrected chi connectivity index (χ4v) is 2.41. The maximum atomic E-state index is 3.51. The summed E-state index contributed by atoms with van der Waals surface area (Å²) in [5.74, 6) is 0.630. The van der Waals surface area contributed by atoms with Gasteiger partial charge in [0, 0.05) is 0 Å². The van der Waals surface area contributed by atoms with E-state index in [-0.39, 0.29) is 0 Å². The van der Waals surface area contributed by atoms with Crippen molar-refractivity contribution in [1.82, 2.24) is 5.32 Å². The van der Waals surface area contributed by atoms with E-state index in [2.05, 4.69) is 64.2 Å². The Hall–Kier alpha value is -0.820. The van der Waals surface area contributed by atoms with E-state index in [9.17, 15) is 0 Å². The smallest absolute Gasteiger partial charge is 0.00438 e. The molecule has 1 aromatic carbocycles. The Morgan fingerprint density at radius 2 is 1.65 bits per heavy atom. The molecule has 1 rings (SSSR count). The Labute approximate surface area is 126 Å². The lowest BCUT2D eigenvalue weighted by Crippen LogP contribution is -2.23. The van der Waals surface area contributed by atoms with Gasteiger partial charge in [0.15, 0.2) is 0 Å². The number of rotatable bonds is 9. The zero-order valence-electron chi connectivity index (χ0n) is 14.1. The fourth-order valence-electron chi connectivity index (χ4n) is 2.41. The molecule has 0 saturated heterocycles. The van der Waals surface area contributed by atoms with E-state index in [4.69, 9.17) is 0 Å². The monoisotopic (exact) mass is 275 g/mol. The highest BCUT2D eigenvalue weighted by atomic mass is 14.8. The summed E-state index contributed by atoms with van der Waals surface area (Å²) >= 11 is 0. The molecule has 0 saturated carbocycles. The van der Waals surface area contributed by atoms with Crippen LogP contribution >= 0.6 is 0 Å². The normalized spacial score (nSPS) is 12.1. The molecule has 0 bridgehead atoms. The number of benzene rings is 1. The first-order valence-electron chi connectivity index (χ1n) is 8.24. The first kappa shape index (κ1) is 17.2. The number of nitrogens with one attached hydrogen (secondary N) is 1. The summed E-state index contributed by atoms with van der Waals surface area (Å²) < 4.78 is 0. The minimum absolute atomic E-state index is 0.428. The van der Waals surface area contributed by atoms with Gasteiger partial charge in [-0.2, -0.15) is 0 Å². The van der Waals surface area contributed by atoms with Gasteiger partial charge in [-0.3, -0.25) is 0 Å². The molecular formula is C19H33N. The number of aryl methyl sites for hydroxylation is 1. The van der Waals surface area contributed by atoms with Gasteiger partial charge in [0.1, 0.15) is 0 Å². The predicted octanol–water partition coefficient (Wildman–Crippen LogP) is 5.16. The van der Waals surface area contributed by atoms with Gasteiger partial charge in [0.05, 0.1) is 0 Å². The Balaban J connectivity index is 2.37. The van der Waals surface area contributed by atoms with Gasteiger partial charge >= 0.3 is 0 Å². The molecule has 0 amide bonds. The summed E-state index contributed by atoms with van der Waals surface area (Å²) in [7, 11) is 0. The van der Waals surface area contributed by atoms with Crippen molar-refractivity contribution in [2.75, 3.05) is 13.1 Å². The Morgan fingerprint density at radius 1 is 1.00 bits per heavy atom. The molecule has 1 aromatic rings. The molecule has 1 N–H and O–H groups in total. The first-order chi connectivity index (χ1) is 9.44. The standard InChI is InChI=1S/C19H33N/c1-6-14-20-15-13-19(4,5)12-11-17-7-9-18(10-8-17)16(2)3/h7-10,16,20H,6,11-15H2,1-5H3. The summed E-state index contributed by atoms with van der Waals surface area (Å²) in [6, 6.07) is 9.19. The van der Waals surface area contributed by atoms with E-state index in [1.165, 1.54) is 36.8 Å². The van der Waals surface area contributed by atoms with Crippen LogP contribution in [0.25, 0.3) is 0 Å². The quantitative estimate of drug-likeness (QED) is 0.614. The summed E-state index contributed by atoms with van der Waals surface area (Å²) in [6.45, 7) is 13.8. The largest absolute Gasteiger partial charge is 0.317 e. The van der Waals surface area contributed by atoms with Crippen LogP contribution in [-0.4, -0.2) is 13.1 Å². The van der Waals surface area contributed by atoms with E-state index >= 15 is 0 Å². The minimum atomic E-state index is 0.428. The predicted molar refractivity (Wildman–Crippen MR) is 90.4 cm³/mol. The molecule has 0 unspecified atom stereocenters. The van der Waals surface area contributed by atoms with Crippen molar-refractivity contribution in [3.63, 3.8) is 0 Å². The van der Waals surface area contributed by atoms with Crippen LogP contribution in [0.3, 0.4) is 0 Å². The van der Waals surface area contributed by atoms with Crippen LogP contribution in [0.5, 0.6) is 0 Å². The third-order valence-electron chi connectivity index (χ3n) is 4.14. The highest BCUT2D eigenvalue weighted by molar-refractivity contribution is 5.24. The van der Waals surface area contributed by atoms with Gasteiger partial charge in [0.2, 0.25) is 0 Å². The lowest BCUT2D eigenvalue weighted by Gasteiger charge is -2.25. The zero-order valence-corrected chi connectivity index (χ0v) is 14.1. The lowest BCUT2D eigenvalue weighted by atomic mass is 9.83. The number of hydrogen-bond donors (Lipinski definition) is 1. The second-order valence-corrected chi connectivity index (χ2v) is 7.06. The van der Waals surface area contributed by atoms with Crippen molar-refractivity contribution in [2.24, 2.45) is 5.41 Å². The summed E-state index contributed by atoms with van der Waals surface area (Å²) in [5.41, 5.74) is 3.35. The Morgan fingerprint density at radius 3 is 2.20 bits per heavy atom. The van der Waals surface area contributed by atoms with Crippen LogP contribution in [0.4, 0.5) is 0 Å². The van der Waals surface area contributed by atoms with Crippen molar-refractivity contribution >= 4 is 0 Å². The van der Waals surface area contributed by atoms with E-state index < -0.39 is 0 Å². The maximum Gasteiger partial charge on any atom is -0.00438 e. The molecule has 0 aliphatic rings. The highest BCUT2D eigenvalue weighted by Gasteiger charge is 2.17. The van der Waals surface area contributed by atoms with Gasteiger partial charge < -0.3 is 5.32 Å². The molecule has 0 fully saturated rings. The molecule has 20 heavy (non-hydrogen) atoms. The van der Waals surface area contributed by atoms with Crippen molar-refractivity contribution in [2.45, 2.75) is 66.2 Å². The second kappa shape index (κ2) is 8.46.